The Morgan fingerprint density at radius 1 is 1.00 bits per heavy atom. The number of nitrogens with one attached hydrogen (secondary N) is 2. The van der Waals surface area contributed by atoms with Crippen LogP contribution < -0.4 is 10.6 Å². The van der Waals surface area contributed by atoms with Crippen molar-refractivity contribution in [2.75, 3.05) is 10.6 Å². The lowest BCUT2D eigenvalue weighted by Crippen LogP contribution is -2.13. The normalized spacial score (nSPS) is 10.1. The highest BCUT2D eigenvalue weighted by atomic mass is 19.2. The van der Waals surface area contributed by atoms with Crippen LogP contribution in [0.1, 0.15) is 16.1 Å². The minimum atomic E-state index is -1.58. The summed E-state index contributed by atoms with van der Waals surface area (Å²) >= 11 is 0. The van der Waals surface area contributed by atoms with Gasteiger partial charge in [0, 0.05) is 5.69 Å². The molecule has 0 saturated heterocycles. The van der Waals surface area contributed by atoms with Gasteiger partial charge in [-0.1, -0.05) is 6.07 Å². The maximum absolute atomic E-state index is 13.7. The number of rotatable bonds is 4. The molecule has 2 aromatic carbocycles. The Hall–Kier alpha value is -3.86. The van der Waals surface area contributed by atoms with E-state index in [9.17, 15) is 18.0 Å². The van der Waals surface area contributed by atoms with Crippen LogP contribution in [0.5, 0.6) is 0 Å². The van der Waals surface area contributed by atoms with Crippen molar-refractivity contribution in [1.82, 2.24) is 4.98 Å². The van der Waals surface area contributed by atoms with Gasteiger partial charge in [-0.2, -0.15) is 5.26 Å². The first-order valence-corrected chi connectivity index (χ1v) is 7.66. The maximum Gasteiger partial charge on any atom is 0.274 e. The maximum atomic E-state index is 13.7. The van der Waals surface area contributed by atoms with E-state index in [2.05, 4.69) is 15.6 Å². The molecule has 0 aliphatic carbocycles. The van der Waals surface area contributed by atoms with Gasteiger partial charge in [-0.05, 0) is 42.5 Å². The predicted molar refractivity (Wildman–Crippen MR) is 92.9 cm³/mol. The van der Waals surface area contributed by atoms with Crippen molar-refractivity contribution in [3.05, 3.63) is 83.4 Å². The zero-order valence-corrected chi connectivity index (χ0v) is 13.6. The van der Waals surface area contributed by atoms with Gasteiger partial charge < -0.3 is 10.6 Å². The average molecular weight is 368 g/mol. The fourth-order valence-electron chi connectivity index (χ4n) is 2.24. The SMILES string of the molecule is N#Cc1cccc(NC(=O)c2ccc(Nc3ccc(F)c(F)c3F)cn2)c1. The second-order valence-corrected chi connectivity index (χ2v) is 5.43. The monoisotopic (exact) mass is 368 g/mol. The van der Waals surface area contributed by atoms with Crippen LogP contribution in [0.2, 0.25) is 0 Å². The largest absolute Gasteiger partial charge is 0.352 e. The number of pyridine rings is 1. The quantitative estimate of drug-likeness (QED) is 0.671. The van der Waals surface area contributed by atoms with Gasteiger partial charge in [0.15, 0.2) is 17.5 Å². The fraction of sp³-hybridized carbons (Fsp3) is 0. The molecule has 1 aromatic heterocycles. The van der Waals surface area contributed by atoms with Crippen LogP contribution in [0.3, 0.4) is 0 Å². The molecule has 0 aliphatic heterocycles. The molecule has 0 unspecified atom stereocenters. The van der Waals surface area contributed by atoms with E-state index in [1.165, 1.54) is 24.4 Å². The summed E-state index contributed by atoms with van der Waals surface area (Å²) in [5.41, 5.74) is 0.929. The van der Waals surface area contributed by atoms with E-state index in [1.807, 2.05) is 6.07 Å². The summed E-state index contributed by atoms with van der Waals surface area (Å²) in [7, 11) is 0. The van der Waals surface area contributed by atoms with Crippen LogP contribution in [-0.2, 0) is 0 Å². The number of nitriles is 1. The van der Waals surface area contributed by atoms with Gasteiger partial charge >= 0.3 is 0 Å². The van der Waals surface area contributed by atoms with Crippen molar-refractivity contribution in [2.45, 2.75) is 0 Å². The molecule has 0 bridgehead atoms. The van der Waals surface area contributed by atoms with E-state index in [4.69, 9.17) is 5.26 Å². The summed E-state index contributed by atoms with van der Waals surface area (Å²) in [6, 6.07) is 13.0. The van der Waals surface area contributed by atoms with Gasteiger partial charge in [0.2, 0.25) is 0 Å². The fourth-order valence-corrected chi connectivity index (χ4v) is 2.24. The van der Waals surface area contributed by atoms with Gasteiger partial charge in [0.1, 0.15) is 5.69 Å². The Bertz CT molecular complexity index is 1050. The van der Waals surface area contributed by atoms with E-state index >= 15 is 0 Å². The van der Waals surface area contributed by atoms with Crippen LogP contribution in [0.15, 0.2) is 54.7 Å². The highest BCUT2D eigenvalue weighted by molar-refractivity contribution is 6.03. The summed E-state index contributed by atoms with van der Waals surface area (Å²) in [6.45, 7) is 0. The molecular weight excluding hydrogens is 357 g/mol. The number of halogens is 3. The predicted octanol–water partition coefficient (Wildman–Crippen LogP) is 4.37. The van der Waals surface area contributed by atoms with E-state index in [0.717, 1.165) is 12.1 Å². The van der Waals surface area contributed by atoms with Crippen molar-refractivity contribution >= 4 is 23.0 Å². The number of carbonyl (C=O) groups is 1. The number of nitrogens with zero attached hydrogens (tertiary/aromatic N) is 2. The molecule has 0 radical (unpaired) electrons. The highest BCUT2D eigenvalue weighted by Crippen LogP contribution is 2.23. The van der Waals surface area contributed by atoms with Crippen LogP contribution in [0.25, 0.3) is 0 Å². The molecule has 0 saturated carbocycles. The third-order valence-corrected chi connectivity index (χ3v) is 3.56. The molecule has 0 fully saturated rings. The minimum absolute atomic E-state index is 0.0775. The van der Waals surface area contributed by atoms with Crippen molar-refractivity contribution in [1.29, 1.82) is 5.26 Å². The number of aromatic nitrogens is 1. The van der Waals surface area contributed by atoms with Crippen LogP contribution in [-0.4, -0.2) is 10.9 Å². The summed E-state index contributed by atoms with van der Waals surface area (Å²) in [4.78, 5) is 16.1. The number of hydrogen-bond acceptors (Lipinski definition) is 4. The molecule has 0 spiro atoms. The number of carbonyl (C=O) groups excluding carboxylic acids is 1. The smallest absolute Gasteiger partial charge is 0.274 e. The molecule has 3 aromatic rings. The average Bonchev–Trinajstić information content (AvgIpc) is 2.69. The van der Waals surface area contributed by atoms with Gasteiger partial charge in [-0.25, -0.2) is 18.2 Å². The first kappa shape index (κ1) is 17.9. The van der Waals surface area contributed by atoms with E-state index in [-0.39, 0.29) is 17.1 Å². The Balaban J connectivity index is 1.72. The molecule has 1 heterocycles. The van der Waals surface area contributed by atoms with Crippen LogP contribution in [0.4, 0.5) is 30.2 Å². The molecule has 2 N–H and O–H groups in total. The lowest BCUT2D eigenvalue weighted by Gasteiger charge is -2.09. The molecule has 0 atom stereocenters. The number of benzene rings is 2. The lowest BCUT2D eigenvalue weighted by atomic mass is 10.2. The van der Waals surface area contributed by atoms with E-state index < -0.39 is 23.4 Å². The van der Waals surface area contributed by atoms with Crippen molar-refractivity contribution < 1.29 is 18.0 Å². The first-order chi connectivity index (χ1) is 13.0. The van der Waals surface area contributed by atoms with Crippen LogP contribution in [0, 0.1) is 28.8 Å². The lowest BCUT2D eigenvalue weighted by molar-refractivity contribution is 0.102. The zero-order valence-electron chi connectivity index (χ0n) is 13.6. The van der Waals surface area contributed by atoms with Crippen molar-refractivity contribution in [3.63, 3.8) is 0 Å². The molecular formula is C19H11F3N4O. The molecule has 5 nitrogen and oxygen atoms in total. The molecule has 3 rings (SSSR count). The third kappa shape index (κ3) is 4.04. The summed E-state index contributed by atoms with van der Waals surface area (Å²) in [5.74, 6) is -4.72. The van der Waals surface area contributed by atoms with E-state index in [0.29, 0.717) is 11.3 Å². The molecule has 8 heteroatoms. The Morgan fingerprint density at radius 3 is 2.52 bits per heavy atom. The molecule has 27 heavy (non-hydrogen) atoms. The first-order valence-electron chi connectivity index (χ1n) is 7.66. The Labute approximate surface area is 152 Å². The minimum Gasteiger partial charge on any atom is -0.352 e. The summed E-state index contributed by atoms with van der Waals surface area (Å²) < 4.78 is 39.9. The van der Waals surface area contributed by atoms with Crippen LogP contribution >= 0.6 is 0 Å². The van der Waals surface area contributed by atoms with Crippen molar-refractivity contribution in [3.8, 4) is 6.07 Å². The van der Waals surface area contributed by atoms with Gasteiger partial charge in [0.25, 0.3) is 5.91 Å². The molecule has 134 valence electrons. The summed E-state index contributed by atoms with van der Waals surface area (Å²) in [5, 5.41) is 14.0. The van der Waals surface area contributed by atoms with E-state index in [1.54, 1.807) is 18.2 Å². The second-order valence-electron chi connectivity index (χ2n) is 5.43. The third-order valence-electron chi connectivity index (χ3n) is 3.56. The summed E-state index contributed by atoms with van der Waals surface area (Å²) in [6.07, 6.45) is 1.25. The zero-order chi connectivity index (χ0) is 19.4. The number of amides is 1. The van der Waals surface area contributed by atoms with Crippen molar-refractivity contribution in [2.24, 2.45) is 0 Å². The topological polar surface area (TPSA) is 77.8 Å². The van der Waals surface area contributed by atoms with Gasteiger partial charge in [0.05, 0.1) is 29.2 Å². The van der Waals surface area contributed by atoms with Gasteiger partial charge in [-0.3, -0.25) is 4.79 Å². The number of hydrogen-bond donors (Lipinski definition) is 2. The Morgan fingerprint density at radius 2 is 1.81 bits per heavy atom. The highest BCUT2D eigenvalue weighted by Gasteiger charge is 2.14. The molecule has 0 aliphatic rings. The van der Waals surface area contributed by atoms with Gasteiger partial charge in [-0.15, -0.1) is 0 Å². The number of anilines is 3. The standard InChI is InChI=1S/C19H11F3N4O/c20-14-5-7-15(18(22)17(14)21)25-13-4-6-16(24-10-13)19(27)26-12-3-1-2-11(8-12)9-23/h1-8,10,25H,(H,26,27). The second kappa shape index (κ2) is 7.58. The molecule has 1 amide bonds. The Kier molecular flexibility index (Phi) is 5.04.